The lowest BCUT2D eigenvalue weighted by molar-refractivity contribution is -0.917. The maximum Gasteiger partial charge on any atom is 0.256 e. The van der Waals surface area contributed by atoms with E-state index in [0.29, 0.717) is 29.2 Å². The van der Waals surface area contributed by atoms with Crippen LogP contribution >= 0.6 is 11.6 Å². The molecular formula is C23H27ClN3O2+. The molecule has 0 atom stereocenters. The first kappa shape index (κ1) is 19.9. The van der Waals surface area contributed by atoms with Crippen LogP contribution in [-0.2, 0) is 11.3 Å². The molecule has 0 bridgehead atoms. The van der Waals surface area contributed by atoms with E-state index in [9.17, 15) is 9.59 Å². The summed E-state index contributed by atoms with van der Waals surface area (Å²) in [5.41, 5.74) is 3.92. The summed E-state index contributed by atoms with van der Waals surface area (Å²) in [6.07, 6.45) is 1.35. The molecular weight excluding hydrogens is 386 g/mol. The number of hydrogen-bond acceptors (Lipinski definition) is 2. The SMILES string of the molecule is Cc1ccccc1C[NH+]1CCN(C(=O)c2ccc(Cl)cc2N2CCCC2=O)CC1. The second-order valence-electron chi connectivity index (χ2n) is 7.96. The Kier molecular flexibility index (Phi) is 5.88. The highest BCUT2D eigenvalue weighted by Crippen LogP contribution is 2.29. The molecule has 0 unspecified atom stereocenters. The predicted octanol–water partition coefficient (Wildman–Crippen LogP) is 2.32. The zero-order valence-corrected chi connectivity index (χ0v) is 17.5. The fourth-order valence-corrected chi connectivity index (χ4v) is 4.43. The lowest BCUT2D eigenvalue weighted by Crippen LogP contribution is -3.13. The van der Waals surface area contributed by atoms with Gasteiger partial charge in [0.2, 0.25) is 5.91 Å². The Morgan fingerprint density at radius 3 is 2.55 bits per heavy atom. The Morgan fingerprint density at radius 2 is 1.86 bits per heavy atom. The summed E-state index contributed by atoms with van der Waals surface area (Å²) in [6, 6.07) is 13.7. The van der Waals surface area contributed by atoms with Gasteiger partial charge in [0, 0.05) is 23.6 Å². The second-order valence-corrected chi connectivity index (χ2v) is 8.39. The van der Waals surface area contributed by atoms with Crippen molar-refractivity contribution in [3.05, 3.63) is 64.2 Å². The summed E-state index contributed by atoms with van der Waals surface area (Å²) in [5.74, 6) is 0.0557. The molecule has 2 aromatic rings. The van der Waals surface area contributed by atoms with E-state index in [-0.39, 0.29) is 11.8 Å². The first-order valence-corrected chi connectivity index (χ1v) is 10.7. The Bertz CT molecular complexity index is 922. The molecule has 0 aliphatic carbocycles. The smallest absolute Gasteiger partial charge is 0.256 e. The van der Waals surface area contributed by atoms with Crippen molar-refractivity contribution in [1.29, 1.82) is 0 Å². The Morgan fingerprint density at radius 1 is 1.10 bits per heavy atom. The van der Waals surface area contributed by atoms with Gasteiger partial charge in [0.05, 0.1) is 37.4 Å². The quantitative estimate of drug-likeness (QED) is 0.837. The normalized spacial score (nSPS) is 17.8. The predicted molar refractivity (Wildman–Crippen MR) is 115 cm³/mol. The van der Waals surface area contributed by atoms with Crippen LogP contribution in [0.3, 0.4) is 0 Å². The Hall–Kier alpha value is -2.37. The van der Waals surface area contributed by atoms with Crippen LogP contribution in [0.4, 0.5) is 5.69 Å². The number of anilines is 1. The molecule has 152 valence electrons. The van der Waals surface area contributed by atoms with E-state index >= 15 is 0 Å². The average molecular weight is 413 g/mol. The van der Waals surface area contributed by atoms with E-state index < -0.39 is 0 Å². The van der Waals surface area contributed by atoms with Gasteiger partial charge in [-0.2, -0.15) is 0 Å². The Balaban J connectivity index is 1.45. The third-order valence-electron chi connectivity index (χ3n) is 6.01. The zero-order chi connectivity index (χ0) is 20.4. The van der Waals surface area contributed by atoms with E-state index in [4.69, 9.17) is 11.6 Å². The number of hydrogen-bond donors (Lipinski definition) is 1. The molecule has 2 amide bonds. The highest BCUT2D eigenvalue weighted by molar-refractivity contribution is 6.31. The van der Waals surface area contributed by atoms with Crippen molar-refractivity contribution >= 4 is 29.1 Å². The first-order valence-electron chi connectivity index (χ1n) is 10.3. The Labute approximate surface area is 176 Å². The van der Waals surface area contributed by atoms with Crippen molar-refractivity contribution < 1.29 is 14.5 Å². The monoisotopic (exact) mass is 412 g/mol. The number of quaternary nitrogens is 1. The summed E-state index contributed by atoms with van der Waals surface area (Å²) in [4.78, 5) is 30.6. The van der Waals surface area contributed by atoms with E-state index in [1.54, 1.807) is 23.1 Å². The van der Waals surface area contributed by atoms with Gasteiger partial charge in [-0.25, -0.2) is 0 Å². The molecule has 2 heterocycles. The van der Waals surface area contributed by atoms with E-state index in [1.165, 1.54) is 16.0 Å². The molecule has 0 spiro atoms. The minimum absolute atomic E-state index is 0.00805. The third-order valence-corrected chi connectivity index (χ3v) is 6.25. The topological polar surface area (TPSA) is 45.1 Å². The largest absolute Gasteiger partial charge is 0.328 e. The van der Waals surface area contributed by atoms with Gasteiger partial charge in [-0.15, -0.1) is 0 Å². The molecule has 0 aromatic heterocycles. The van der Waals surface area contributed by atoms with Gasteiger partial charge in [-0.3, -0.25) is 9.59 Å². The van der Waals surface area contributed by atoms with Crippen LogP contribution in [0, 0.1) is 6.92 Å². The molecule has 1 N–H and O–H groups in total. The van der Waals surface area contributed by atoms with Crippen LogP contribution in [0.1, 0.15) is 34.3 Å². The highest BCUT2D eigenvalue weighted by Gasteiger charge is 2.30. The lowest BCUT2D eigenvalue weighted by atomic mass is 10.1. The summed E-state index contributed by atoms with van der Waals surface area (Å²) < 4.78 is 0. The minimum Gasteiger partial charge on any atom is -0.328 e. The van der Waals surface area contributed by atoms with Crippen molar-refractivity contribution in [3.8, 4) is 0 Å². The van der Waals surface area contributed by atoms with Crippen LogP contribution in [0.25, 0.3) is 0 Å². The standard InChI is InChI=1S/C23H26ClN3O2/c1-17-5-2-3-6-18(17)16-25-11-13-26(14-12-25)23(29)20-9-8-19(24)15-21(20)27-10-4-7-22(27)28/h2-3,5-6,8-9,15H,4,7,10-14,16H2,1H3/p+1. The molecule has 2 fully saturated rings. The fourth-order valence-electron chi connectivity index (χ4n) is 4.26. The van der Waals surface area contributed by atoms with Gasteiger partial charge in [-0.05, 0) is 37.1 Å². The van der Waals surface area contributed by atoms with Crippen molar-refractivity contribution in [2.75, 3.05) is 37.6 Å². The molecule has 0 radical (unpaired) electrons. The maximum atomic E-state index is 13.2. The summed E-state index contributed by atoms with van der Waals surface area (Å²) in [5, 5.41) is 0.545. The van der Waals surface area contributed by atoms with Gasteiger partial charge < -0.3 is 14.7 Å². The van der Waals surface area contributed by atoms with Crippen molar-refractivity contribution in [3.63, 3.8) is 0 Å². The lowest BCUT2D eigenvalue weighted by Gasteiger charge is -2.33. The van der Waals surface area contributed by atoms with E-state index in [1.807, 2.05) is 4.90 Å². The summed E-state index contributed by atoms with van der Waals surface area (Å²) in [6.45, 7) is 7.07. The van der Waals surface area contributed by atoms with Gasteiger partial charge in [0.1, 0.15) is 6.54 Å². The molecule has 2 aromatic carbocycles. The number of rotatable bonds is 4. The fraction of sp³-hybridized carbons (Fsp3) is 0.391. The molecule has 4 rings (SSSR count). The summed E-state index contributed by atoms with van der Waals surface area (Å²) in [7, 11) is 0. The number of aryl methyl sites for hydroxylation is 1. The number of nitrogens with one attached hydrogen (secondary N) is 1. The number of carbonyl (C=O) groups excluding carboxylic acids is 2. The molecule has 5 nitrogen and oxygen atoms in total. The number of nitrogens with zero attached hydrogens (tertiary/aromatic N) is 2. The second kappa shape index (κ2) is 8.56. The molecule has 2 aliphatic heterocycles. The maximum absolute atomic E-state index is 13.2. The number of benzene rings is 2. The molecule has 29 heavy (non-hydrogen) atoms. The van der Waals surface area contributed by atoms with Crippen molar-refractivity contribution in [2.45, 2.75) is 26.3 Å². The van der Waals surface area contributed by atoms with Crippen LogP contribution in [0.5, 0.6) is 0 Å². The van der Waals surface area contributed by atoms with Crippen LogP contribution in [0.15, 0.2) is 42.5 Å². The van der Waals surface area contributed by atoms with Crippen molar-refractivity contribution in [2.24, 2.45) is 0 Å². The average Bonchev–Trinajstić information content (AvgIpc) is 3.15. The van der Waals surface area contributed by atoms with Gasteiger partial charge in [0.15, 0.2) is 0 Å². The summed E-state index contributed by atoms with van der Waals surface area (Å²) >= 11 is 6.18. The molecule has 2 aliphatic rings. The molecule has 6 heteroatoms. The number of amides is 2. The minimum atomic E-state index is -0.00805. The van der Waals surface area contributed by atoms with Crippen LogP contribution < -0.4 is 9.80 Å². The first-order chi connectivity index (χ1) is 14.0. The number of piperazine rings is 1. The third kappa shape index (κ3) is 4.31. The number of carbonyl (C=O) groups is 2. The molecule has 0 saturated carbocycles. The van der Waals surface area contributed by atoms with Crippen LogP contribution in [0.2, 0.25) is 5.02 Å². The van der Waals surface area contributed by atoms with Gasteiger partial charge in [-0.1, -0.05) is 35.9 Å². The van der Waals surface area contributed by atoms with Gasteiger partial charge in [0.25, 0.3) is 5.91 Å². The van der Waals surface area contributed by atoms with Gasteiger partial charge >= 0.3 is 0 Å². The number of halogens is 1. The van der Waals surface area contributed by atoms with Crippen LogP contribution in [-0.4, -0.2) is 49.4 Å². The zero-order valence-electron chi connectivity index (χ0n) is 16.8. The van der Waals surface area contributed by atoms with Crippen molar-refractivity contribution in [1.82, 2.24) is 4.90 Å². The van der Waals surface area contributed by atoms with E-state index in [0.717, 1.165) is 39.1 Å². The van der Waals surface area contributed by atoms with E-state index in [2.05, 4.69) is 31.2 Å². The molecule has 2 saturated heterocycles. The highest BCUT2D eigenvalue weighted by atomic mass is 35.5.